The van der Waals surface area contributed by atoms with Crippen LogP contribution in [0.25, 0.3) is 10.4 Å². The Morgan fingerprint density at radius 3 is 1.22 bits per heavy atom. The average Bonchev–Trinajstić information content (AvgIpc) is 2.99. The predicted octanol–water partition coefficient (Wildman–Crippen LogP) is 1.99. The normalized spacial score (nSPS) is 5.81. The molecule has 0 N–H and O–H groups in total. The number of aryl methyl sites for hydroxylation is 4. The first-order valence-corrected chi connectivity index (χ1v) is 5.69. The summed E-state index contributed by atoms with van der Waals surface area (Å²) in [5, 5.41) is 17.5. The largest absolute Gasteiger partial charge is 0.694 e. The van der Waals surface area contributed by atoms with Crippen LogP contribution >= 0.6 is 0 Å². The summed E-state index contributed by atoms with van der Waals surface area (Å²) in [7, 11) is 4.97. The standard InChI is InChI=1S/2C4H6N3.C3H3.CH3N3.CH4.5Y/c2*1-4-3-7(2)6-5-4;1-3-2;1-3-4-2;;;;;;/h2*1-2H3;1H3;1H3;1H4;;;;;/q3*-1;;;;;;;. The third-order valence-electron chi connectivity index (χ3n) is 1.39. The topological polar surface area (TPSA) is 110 Å². The van der Waals surface area contributed by atoms with Crippen molar-refractivity contribution in [1.82, 2.24) is 30.0 Å². The van der Waals surface area contributed by atoms with Gasteiger partial charge in [-0.1, -0.05) is 26.4 Å². The van der Waals surface area contributed by atoms with Gasteiger partial charge in [-0.3, -0.25) is 0 Å². The Morgan fingerprint density at radius 1 is 0.963 bits per heavy atom. The van der Waals surface area contributed by atoms with Gasteiger partial charge in [0.05, 0.1) is 0 Å². The molecule has 0 aromatic carbocycles. The fourth-order valence-electron chi connectivity index (χ4n) is 0.826. The molecule has 0 bridgehead atoms. The van der Waals surface area contributed by atoms with Gasteiger partial charge in [0.15, 0.2) is 0 Å². The minimum atomic E-state index is 0. The molecule has 5 radical (unpaired) electrons. The molecule has 0 aliphatic rings. The molecule has 0 saturated heterocycles. The van der Waals surface area contributed by atoms with Crippen molar-refractivity contribution in [3.05, 3.63) is 40.6 Å². The van der Waals surface area contributed by atoms with E-state index in [2.05, 4.69) is 43.0 Å². The van der Waals surface area contributed by atoms with Crippen molar-refractivity contribution in [3.8, 4) is 5.92 Å². The van der Waals surface area contributed by atoms with Crippen LogP contribution in [0.1, 0.15) is 25.7 Å². The molecule has 0 amide bonds. The number of rotatable bonds is 0. The van der Waals surface area contributed by atoms with Crippen molar-refractivity contribution < 1.29 is 164 Å². The molecule has 2 aromatic rings. The smallest absolute Gasteiger partial charge is 0.0139 e. The second-order valence-corrected chi connectivity index (χ2v) is 3.36. The first-order chi connectivity index (χ1) is 9.90. The second kappa shape index (κ2) is 39.2. The van der Waals surface area contributed by atoms with Crippen molar-refractivity contribution in [2.75, 3.05) is 7.05 Å². The summed E-state index contributed by atoms with van der Waals surface area (Å²) in [6.45, 7) is 5.25. The van der Waals surface area contributed by atoms with Crippen LogP contribution in [-0.4, -0.2) is 37.0 Å². The van der Waals surface area contributed by atoms with Crippen LogP contribution < -0.4 is 0 Å². The first kappa shape index (κ1) is 51.9. The molecule has 0 atom stereocenters. The molecule has 2 heterocycles. The van der Waals surface area contributed by atoms with Crippen molar-refractivity contribution in [1.29, 1.82) is 0 Å². The molecular weight excluding hydrogens is 727 g/mol. The van der Waals surface area contributed by atoms with Crippen LogP contribution in [0.3, 0.4) is 0 Å². The predicted molar refractivity (Wildman–Crippen MR) is 83.8 cm³/mol. The van der Waals surface area contributed by atoms with Gasteiger partial charge in [-0.25, -0.2) is 0 Å². The Bertz CT molecular complexity index is 518. The molecule has 2 aromatic heterocycles. The third kappa shape index (κ3) is 43.4. The molecule has 2 rings (SSSR count). The summed E-state index contributed by atoms with van der Waals surface area (Å²) < 4.78 is 3.10. The molecule has 0 spiro atoms. The van der Waals surface area contributed by atoms with Gasteiger partial charge in [0.2, 0.25) is 0 Å². The molecule has 137 valence electrons. The molecule has 9 nitrogen and oxygen atoms in total. The number of nitrogens with zero attached hydrogens (tertiary/aromatic N) is 9. The molecule has 0 aliphatic heterocycles. The maximum atomic E-state index is 7.33. The van der Waals surface area contributed by atoms with E-state index in [1.54, 1.807) is 30.4 Å². The monoisotopic (exact) mass is 749 g/mol. The Morgan fingerprint density at radius 2 is 1.19 bits per heavy atom. The van der Waals surface area contributed by atoms with E-state index in [9.17, 15) is 0 Å². The summed E-state index contributed by atoms with van der Waals surface area (Å²) in [5.41, 5.74) is 9.00. The Labute approximate surface area is 288 Å². The zero-order valence-corrected chi connectivity index (χ0v) is 30.1. The number of hydrogen-bond donors (Lipinski definition) is 0. The van der Waals surface area contributed by atoms with E-state index >= 15 is 0 Å². The van der Waals surface area contributed by atoms with E-state index < -0.39 is 0 Å². The Balaban J connectivity index is -0.0000000289. The van der Waals surface area contributed by atoms with Gasteiger partial charge in [-0.15, -0.1) is 21.8 Å². The van der Waals surface area contributed by atoms with Crippen LogP contribution in [0, 0.1) is 38.6 Å². The molecule has 0 fully saturated rings. The molecule has 27 heavy (non-hydrogen) atoms. The maximum Gasteiger partial charge on any atom is 0.0139 e. The van der Waals surface area contributed by atoms with Gasteiger partial charge in [0, 0.05) is 176 Å². The summed E-state index contributed by atoms with van der Waals surface area (Å²) in [6.07, 6.45) is 11.6. The zero-order chi connectivity index (χ0) is 16.7. The molecule has 14 heteroatoms. The van der Waals surface area contributed by atoms with Gasteiger partial charge < -0.3 is 34.1 Å². The van der Waals surface area contributed by atoms with Crippen molar-refractivity contribution >= 4 is 0 Å². The van der Waals surface area contributed by atoms with E-state index in [0.717, 1.165) is 11.4 Å². The molecule has 0 saturated carbocycles. The second-order valence-electron chi connectivity index (χ2n) is 3.36. The fraction of sp³-hybridized carbons (Fsp3) is 0.538. The van der Waals surface area contributed by atoms with Gasteiger partial charge in [-0.2, -0.15) is 10.2 Å². The van der Waals surface area contributed by atoms with Gasteiger partial charge in [-0.05, 0) is 26.6 Å². The minimum Gasteiger partial charge on any atom is -0.694 e. The molecular formula is C13H22N9Y5-3. The third-order valence-corrected chi connectivity index (χ3v) is 1.39. The van der Waals surface area contributed by atoms with E-state index in [4.69, 9.17) is 12.0 Å². The van der Waals surface area contributed by atoms with Gasteiger partial charge in [0.25, 0.3) is 0 Å². The number of hydrogen-bond acceptors (Lipinski definition) is 5. The fourth-order valence-corrected chi connectivity index (χ4v) is 0.826. The van der Waals surface area contributed by atoms with E-state index in [-0.39, 0.29) is 171 Å². The zero-order valence-electron chi connectivity index (χ0n) is 15.9. The summed E-state index contributed by atoms with van der Waals surface area (Å²) >= 11 is 0. The van der Waals surface area contributed by atoms with Crippen LogP contribution in [0.5, 0.6) is 0 Å². The van der Waals surface area contributed by atoms with Gasteiger partial charge >= 0.3 is 0 Å². The van der Waals surface area contributed by atoms with Crippen molar-refractivity contribution in [2.45, 2.75) is 28.2 Å². The number of aromatic nitrogens is 6. The summed E-state index contributed by atoms with van der Waals surface area (Å²) in [6, 6.07) is 0. The Hall–Kier alpha value is 2.67. The maximum absolute atomic E-state index is 7.33. The van der Waals surface area contributed by atoms with Crippen LogP contribution in [-0.2, 0) is 178 Å². The van der Waals surface area contributed by atoms with E-state index in [0.29, 0.717) is 0 Å². The van der Waals surface area contributed by atoms with Crippen LogP contribution in [0.15, 0.2) is 5.11 Å². The first-order valence-electron chi connectivity index (χ1n) is 5.69. The minimum absolute atomic E-state index is 0. The van der Waals surface area contributed by atoms with E-state index in [1.165, 1.54) is 7.05 Å². The molecule has 0 unspecified atom stereocenters. The quantitative estimate of drug-likeness (QED) is 0.135. The van der Waals surface area contributed by atoms with Crippen LogP contribution in [0.4, 0.5) is 0 Å². The van der Waals surface area contributed by atoms with E-state index in [1.807, 2.05) is 19.8 Å². The number of azide groups is 1. The molecule has 0 aliphatic carbocycles. The SMILES string of the molecule is C.CN=[N+]=[N-].Cc1[c-]n(C)nn1.Cc1[c-]n(C)nn1.[C-]#CC.[Y].[Y].[Y].[Y].[Y]. The average molecular weight is 749 g/mol. The van der Waals surface area contributed by atoms with Crippen LogP contribution in [0.2, 0.25) is 0 Å². The summed E-state index contributed by atoms with van der Waals surface area (Å²) in [4.78, 5) is 2.36. The Kier molecular flexibility index (Phi) is 75.4. The summed E-state index contributed by atoms with van der Waals surface area (Å²) in [5.74, 6) is 2.00. The van der Waals surface area contributed by atoms with Crippen molar-refractivity contribution in [3.63, 3.8) is 0 Å². The van der Waals surface area contributed by atoms with Gasteiger partial charge in [0.1, 0.15) is 0 Å². The van der Waals surface area contributed by atoms with Crippen molar-refractivity contribution in [2.24, 2.45) is 19.2 Å².